The highest BCUT2D eigenvalue weighted by atomic mass is 16.5. The summed E-state index contributed by atoms with van der Waals surface area (Å²) in [5, 5.41) is 0. The van der Waals surface area contributed by atoms with Gasteiger partial charge in [0.05, 0.1) is 27.7 Å². The fourth-order valence-corrected chi connectivity index (χ4v) is 3.31. The smallest absolute Gasteiger partial charge is 0.123 e. The van der Waals surface area contributed by atoms with E-state index >= 15 is 0 Å². The second-order valence-electron chi connectivity index (χ2n) is 7.23. The monoisotopic (exact) mass is 297 g/mol. The van der Waals surface area contributed by atoms with E-state index in [4.69, 9.17) is 4.74 Å². The molecular weight excluding hydrogens is 271 g/mol. The topological polar surface area (TPSA) is 9.23 Å². The van der Waals surface area contributed by atoms with Crippen LogP contribution in [0.25, 0.3) is 0 Å². The molecule has 0 saturated heterocycles. The Labute approximate surface area is 133 Å². The van der Waals surface area contributed by atoms with Gasteiger partial charge in [-0.05, 0) is 30.0 Å². The van der Waals surface area contributed by atoms with Crippen molar-refractivity contribution in [1.29, 1.82) is 0 Å². The van der Waals surface area contributed by atoms with Crippen molar-refractivity contribution in [3.63, 3.8) is 0 Å². The Morgan fingerprint density at radius 2 is 1.64 bits per heavy atom. The van der Waals surface area contributed by atoms with Crippen molar-refractivity contribution in [2.45, 2.75) is 25.4 Å². The number of para-hydroxylation sites is 1. The molecule has 0 radical (unpaired) electrons. The Hall–Kier alpha value is -1.80. The molecule has 2 nitrogen and oxygen atoms in total. The molecule has 0 fully saturated rings. The molecule has 2 aromatic carbocycles. The fraction of sp³-hybridized carbons (Fsp3) is 0.400. The van der Waals surface area contributed by atoms with E-state index in [-0.39, 0.29) is 0 Å². The zero-order valence-electron chi connectivity index (χ0n) is 13.9. The van der Waals surface area contributed by atoms with Crippen LogP contribution in [-0.2, 0) is 6.61 Å². The van der Waals surface area contributed by atoms with Crippen LogP contribution >= 0.6 is 0 Å². The number of benzene rings is 2. The molecule has 0 N–H and O–H groups in total. The molecule has 116 valence electrons. The van der Waals surface area contributed by atoms with Gasteiger partial charge >= 0.3 is 0 Å². The lowest BCUT2D eigenvalue weighted by atomic mass is 9.85. The number of quaternary nitrogens is 1. The highest BCUT2D eigenvalue weighted by Crippen LogP contribution is 2.39. The number of nitrogens with zero attached hydrogens (tertiary/aromatic N) is 1. The van der Waals surface area contributed by atoms with Crippen LogP contribution in [-0.4, -0.2) is 32.2 Å². The van der Waals surface area contributed by atoms with E-state index in [2.05, 4.69) is 69.7 Å². The molecule has 3 rings (SSSR count). The lowest BCUT2D eigenvalue weighted by Gasteiger charge is -2.25. The van der Waals surface area contributed by atoms with E-state index in [0.717, 1.165) is 10.2 Å². The van der Waals surface area contributed by atoms with Crippen molar-refractivity contribution in [3.05, 3.63) is 65.2 Å². The molecule has 1 aliphatic heterocycles. The molecule has 22 heavy (non-hydrogen) atoms. The van der Waals surface area contributed by atoms with Gasteiger partial charge in [-0.25, -0.2) is 0 Å². The van der Waals surface area contributed by atoms with Crippen LogP contribution in [0.2, 0.25) is 0 Å². The Balaban J connectivity index is 1.92. The fourth-order valence-electron chi connectivity index (χ4n) is 3.31. The molecule has 0 saturated carbocycles. The first kappa shape index (κ1) is 15.1. The zero-order valence-corrected chi connectivity index (χ0v) is 13.9. The summed E-state index contributed by atoms with van der Waals surface area (Å²) < 4.78 is 7.07. The van der Waals surface area contributed by atoms with Crippen LogP contribution in [0, 0.1) is 0 Å². The van der Waals surface area contributed by atoms with Crippen molar-refractivity contribution >= 4 is 0 Å². The van der Waals surface area contributed by atoms with E-state index in [1.807, 2.05) is 0 Å². The number of hydrogen-bond donors (Lipinski definition) is 0. The Morgan fingerprint density at radius 1 is 0.955 bits per heavy atom. The van der Waals surface area contributed by atoms with E-state index < -0.39 is 0 Å². The van der Waals surface area contributed by atoms with Crippen molar-refractivity contribution in [2.75, 3.05) is 27.7 Å². The standard InChI is InChI=1S/C20H26NO/c1-21(2,3)14-8-12-18-17-10-5-4-9-16(17)15-22-20-13-7-6-11-19(18)20/h4-7,9-11,13,18H,8,12,14-15H2,1-3H3/q+1/i1+1. The normalized spacial score (nSPS) is 17.1. The average Bonchev–Trinajstić information content (AvgIpc) is 2.64. The lowest BCUT2D eigenvalue weighted by Crippen LogP contribution is -2.35. The molecule has 2 heteroatoms. The van der Waals surface area contributed by atoms with Gasteiger partial charge in [-0.1, -0.05) is 42.5 Å². The average molecular weight is 297 g/mol. The SMILES string of the molecule is C[N+](C)([13CH3])CCCC1c2ccccc2COc2ccccc21. The van der Waals surface area contributed by atoms with Gasteiger partial charge in [0.2, 0.25) is 0 Å². The first-order chi connectivity index (χ1) is 10.5. The molecule has 0 aromatic heterocycles. The summed E-state index contributed by atoms with van der Waals surface area (Å²) in [6, 6.07) is 17.3. The molecule has 2 aromatic rings. The molecule has 0 aliphatic carbocycles. The molecule has 1 unspecified atom stereocenters. The predicted molar refractivity (Wildman–Crippen MR) is 91.2 cm³/mol. The number of hydrogen-bond acceptors (Lipinski definition) is 1. The highest BCUT2D eigenvalue weighted by molar-refractivity contribution is 5.46. The second kappa shape index (κ2) is 6.13. The van der Waals surface area contributed by atoms with Crippen molar-refractivity contribution in [3.8, 4) is 5.75 Å². The molecule has 0 spiro atoms. The lowest BCUT2D eigenvalue weighted by molar-refractivity contribution is -0.870. The maximum atomic E-state index is 6.05. The third-order valence-corrected chi connectivity index (χ3v) is 4.43. The third kappa shape index (κ3) is 3.33. The zero-order chi connectivity index (χ0) is 15.6. The molecule has 0 bridgehead atoms. The predicted octanol–water partition coefficient (Wildman–Crippen LogP) is 4.20. The Bertz CT molecular complexity index is 595. The maximum Gasteiger partial charge on any atom is 0.123 e. The number of fused-ring (bicyclic) bond motifs is 2. The summed E-state index contributed by atoms with van der Waals surface area (Å²) in [5.74, 6) is 1.50. The van der Waals surface area contributed by atoms with Crippen LogP contribution in [0.15, 0.2) is 48.5 Å². The van der Waals surface area contributed by atoms with Crippen LogP contribution in [0.5, 0.6) is 5.75 Å². The van der Waals surface area contributed by atoms with Gasteiger partial charge in [0, 0.05) is 11.5 Å². The number of ether oxygens (including phenoxy) is 1. The van der Waals surface area contributed by atoms with Crippen molar-refractivity contribution in [1.82, 2.24) is 0 Å². The quantitative estimate of drug-likeness (QED) is 0.607. The summed E-state index contributed by atoms with van der Waals surface area (Å²) in [7, 11) is 6.79. The summed E-state index contributed by atoms with van der Waals surface area (Å²) in [6.07, 6.45) is 2.39. The largest absolute Gasteiger partial charge is 0.489 e. The van der Waals surface area contributed by atoms with Gasteiger partial charge in [0.25, 0.3) is 0 Å². The summed E-state index contributed by atoms with van der Waals surface area (Å²) >= 11 is 0. The molecule has 1 atom stereocenters. The van der Waals surface area contributed by atoms with Gasteiger partial charge < -0.3 is 9.22 Å². The number of rotatable bonds is 4. The molecule has 0 amide bonds. The molecular formula is C20H26NO+. The van der Waals surface area contributed by atoms with E-state index in [1.54, 1.807) is 0 Å². The molecule has 1 aliphatic rings. The first-order valence-electron chi connectivity index (χ1n) is 8.14. The van der Waals surface area contributed by atoms with Crippen LogP contribution in [0.1, 0.15) is 35.4 Å². The van der Waals surface area contributed by atoms with Gasteiger partial charge in [-0.3, -0.25) is 0 Å². The minimum absolute atomic E-state index is 0.446. The minimum atomic E-state index is 0.446. The van der Waals surface area contributed by atoms with Crippen molar-refractivity contribution in [2.24, 2.45) is 0 Å². The van der Waals surface area contributed by atoms with Crippen LogP contribution in [0.4, 0.5) is 0 Å². The van der Waals surface area contributed by atoms with Gasteiger partial charge in [0.1, 0.15) is 12.4 Å². The maximum absolute atomic E-state index is 6.05. The molecule has 1 heterocycles. The van der Waals surface area contributed by atoms with E-state index in [1.165, 1.54) is 36.1 Å². The van der Waals surface area contributed by atoms with Gasteiger partial charge in [-0.2, -0.15) is 0 Å². The van der Waals surface area contributed by atoms with Gasteiger partial charge in [0.15, 0.2) is 0 Å². The van der Waals surface area contributed by atoms with E-state index in [9.17, 15) is 0 Å². The minimum Gasteiger partial charge on any atom is -0.489 e. The highest BCUT2D eigenvalue weighted by Gasteiger charge is 2.24. The summed E-state index contributed by atoms with van der Waals surface area (Å²) in [5.41, 5.74) is 4.11. The van der Waals surface area contributed by atoms with Crippen LogP contribution in [0.3, 0.4) is 0 Å². The summed E-state index contributed by atoms with van der Waals surface area (Å²) in [4.78, 5) is 0. The summed E-state index contributed by atoms with van der Waals surface area (Å²) in [6.45, 7) is 1.88. The first-order valence-corrected chi connectivity index (χ1v) is 8.14. The second-order valence-corrected chi connectivity index (χ2v) is 7.23. The van der Waals surface area contributed by atoms with Gasteiger partial charge in [-0.15, -0.1) is 0 Å². The third-order valence-electron chi connectivity index (χ3n) is 4.43. The Morgan fingerprint density at radius 3 is 2.41 bits per heavy atom. The van der Waals surface area contributed by atoms with Crippen LogP contribution < -0.4 is 4.74 Å². The Kier molecular flexibility index (Phi) is 4.21. The van der Waals surface area contributed by atoms with Crippen molar-refractivity contribution < 1.29 is 9.22 Å². The van der Waals surface area contributed by atoms with E-state index in [0.29, 0.717) is 12.5 Å².